The quantitative estimate of drug-likeness (QED) is 0.423. The number of allylic oxidation sites excluding steroid dienone is 1. The first-order chi connectivity index (χ1) is 4.10. The van der Waals surface area contributed by atoms with Crippen LogP contribution in [0.1, 0.15) is 0 Å². The molecule has 1 atom stereocenters. The Bertz CT molecular complexity index is 172. The Kier molecular flexibility index (Phi) is 1.80. The van der Waals surface area contributed by atoms with Crippen molar-refractivity contribution in [3.05, 3.63) is 11.1 Å². The fraction of sp³-hybridized carbons (Fsp3) is 0.400. The Balaban J connectivity index is 2.78. The van der Waals surface area contributed by atoms with E-state index in [4.69, 9.17) is 28.9 Å². The first-order valence-corrected chi connectivity index (χ1v) is 3.22. The third kappa shape index (κ3) is 1.97. The zero-order valence-electron chi connectivity index (χ0n) is 4.64. The maximum absolute atomic E-state index is 5.67. The van der Waals surface area contributed by atoms with Gasteiger partial charge >= 0.3 is 0 Å². The Morgan fingerprint density at radius 1 is 1.78 bits per heavy atom. The number of hydrogen-bond donors (Lipinski definition) is 1. The number of hydrogen-bond acceptors (Lipinski definition) is 2. The van der Waals surface area contributed by atoms with E-state index >= 15 is 0 Å². The van der Waals surface area contributed by atoms with Crippen LogP contribution in [0.4, 0.5) is 0 Å². The number of rotatable bonds is 0. The highest BCUT2D eigenvalue weighted by Crippen LogP contribution is 2.17. The molecular weight excluding hydrogens is 159 g/mol. The van der Waals surface area contributed by atoms with Crippen LogP contribution in [0.15, 0.2) is 16.1 Å². The fourth-order valence-corrected chi connectivity index (χ4v) is 1.09. The van der Waals surface area contributed by atoms with Crippen LogP contribution in [0.5, 0.6) is 0 Å². The zero-order chi connectivity index (χ0) is 6.91. The molecule has 0 saturated heterocycles. The summed E-state index contributed by atoms with van der Waals surface area (Å²) in [5, 5.41) is 0.499. The first-order valence-electron chi connectivity index (χ1n) is 2.46. The standard InChI is InChI=1S/C5H6Cl2N2/c6-4-1-5(7,8)3-9-2-4/h1-2H,3,8H2. The molecule has 1 rings (SSSR count). The van der Waals surface area contributed by atoms with E-state index in [9.17, 15) is 0 Å². The number of nitrogens with two attached hydrogens (primary N) is 1. The minimum absolute atomic E-state index is 0.394. The molecule has 2 N–H and O–H groups in total. The molecule has 0 aromatic rings. The summed E-state index contributed by atoms with van der Waals surface area (Å²) in [7, 11) is 0. The molecular formula is C5H6Cl2N2. The average molecular weight is 165 g/mol. The smallest absolute Gasteiger partial charge is 0.131 e. The lowest BCUT2D eigenvalue weighted by atomic mass is 10.2. The number of nitrogens with zero attached hydrogens (tertiary/aromatic N) is 1. The molecule has 0 bridgehead atoms. The third-order valence-corrected chi connectivity index (χ3v) is 1.36. The second kappa shape index (κ2) is 2.29. The number of alkyl halides is 1. The van der Waals surface area contributed by atoms with E-state index in [2.05, 4.69) is 4.99 Å². The molecule has 2 nitrogen and oxygen atoms in total. The van der Waals surface area contributed by atoms with Gasteiger partial charge in [0.15, 0.2) is 0 Å². The van der Waals surface area contributed by atoms with E-state index in [0.717, 1.165) is 0 Å². The van der Waals surface area contributed by atoms with Crippen LogP contribution >= 0.6 is 23.2 Å². The van der Waals surface area contributed by atoms with Gasteiger partial charge in [0.2, 0.25) is 0 Å². The van der Waals surface area contributed by atoms with Crippen LogP contribution in [0.2, 0.25) is 0 Å². The molecule has 50 valence electrons. The van der Waals surface area contributed by atoms with E-state index < -0.39 is 5.00 Å². The van der Waals surface area contributed by atoms with Crippen LogP contribution in [0.25, 0.3) is 0 Å². The summed E-state index contributed by atoms with van der Waals surface area (Å²) in [4.78, 5) is 2.96. The van der Waals surface area contributed by atoms with Crippen molar-refractivity contribution >= 4 is 29.4 Å². The van der Waals surface area contributed by atoms with Gasteiger partial charge in [-0.1, -0.05) is 23.2 Å². The van der Waals surface area contributed by atoms with Crippen molar-refractivity contribution in [1.82, 2.24) is 0 Å². The number of dihydropyridines is 1. The molecule has 0 radical (unpaired) electrons. The van der Waals surface area contributed by atoms with E-state index in [1.807, 2.05) is 0 Å². The second-order valence-corrected chi connectivity index (χ2v) is 3.07. The van der Waals surface area contributed by atoms with E-state index in [-0.39, 0.29) is 0 Å². The first kappa shape index (κ1) is 7.06. The van der Waals surface area contributed by atoms with Gasteiger partial charge in [-0.3, -0.25) is 4.99 Å². The van der Waals surface area contributed by atoms with Crippen molar-refractivity contribution in [2.75, 3.05) is 6.54 Å². The topological polar surface area (TPSA) is 38.4 Å². The molecule has 0 amide bonds. The van der Waals surface area contributed by atoms with Crippen molar-refractivity contribution in [2.45, 2.75) is 5.00 Å². The normalized spacial score (nSPS) is 34.3. The molecule has 1 aliphatic rings. The van der Waals surface area contributed by atoms with Gasteiger partial charge in [-0.25, -0.2) is 0 Å². The maximum Gasteiger partial charge on any atom is 0.131 e. The Hall–Kier alpha value is -0.0500. The predicted molar refractivity (Wildman–Crippen MR) is 40.1 cm³/mol. The van der Waals surface area contributed by atoms with Crippen LogP contribution in [-0.2, 0) is 0 Å². The molecule has 1 heterocycles. The van der Waals surface area contributed by atoms with Crippen molar-refractivity contribution < 1.29 is 0 Å². The summed E-state index contributed by atoms with van der Waals surface area (Å²) >= 11 is 11.2. The number of aliphatic imine (C=N–C) groups is 1. The van der Waals surface area contributed by atoms with Crippen molar-refractivity contribution in [3.8, 4) is 0 Å². The van der Waals surface area contributed by atoms with Crippen molar-refractivity contribution in [1.29, 1.82) is 0 Å². The van der Waals surface area contributed by atoms with Gasteiger partial charge < -0.3 is 5.73 Å². The van der Waals surface area contributed by atoms with Gasteiger partial charge in [0.25, 0.3) is 0 Å². The van der Waals surface area contributed by atoms with Gasteiger partial charge in [0.1, 0.15) is 5.00 Å². The van der Waals surface area contributed by atoms with Gasteiger partial charge in [0, 0.05) is 6.21 Å². The molecule has 1 unspecified atom stereocenters. The van der Waals surface area contributed by atoms with E-state index in [0.29, 0.717) is 11.6 Å². The van der Waals surface area contributed by atoms with Gasteiger partial charge in [-0.05, 0) is 6.08 Å². The van der Waals surface area contributed by atoms with Crippen molar-refractivity contribution in [3.63, 3.8) is 0 Å². The molecule has 9 heavy (non-hydrogen) atoms. The summed E-state index contributed by atoms with van der Waals surface area (Å²) in [6.45, 7) is 0.394. The lowest BCUT2D eigenvalue weighted by Crippen LogP contribution is -2.35. The molecule has 0 aromatic carbocycles. The molecule has 0 spiro atoms. The Morgan fingerprint density at radius 2 is 2.44 bits per heavy atom. The second-order valence-electron chi connectivity index (χ2n) is 1.93. The minimum atomic E-state index is -0.869. The third-order valence-electron chi connectivity index (χ3n) is 0.926. The average Bonchev–Trinajstić information content (AvgIpc) is 1.60. The molecule has 0 saturated carbocycles. The highest BCUT2D eigenvalue weighted by atomic mass is 35.5. The maximum atomic E-state index is 5.67. The summed E-state index contributed by atoms with van der Waals surface area (Å²) in [5.74, 6) is 0. The summed E-state index contributed by atoms with van der Waals surface area (Å²) < 4.78 is 0. The highest BCUT2D eigenvalue weighted by molar-refractivity contribution is 6.40. The lowest BCUT2D eigenvalue weighted by Gasteiger charge is -2.17. The molecule has 0 fully saturated rings. The molecule has 0 aliphatic carbocycles. The van der Waals surface area contributed by atoms with E-state index in [1.54, 1.807) is 6.08 Å². The number of halogens is 2. The molecule has 0 aromatic heterocycles. The molecule has 4 heteroatoms. The van der Waals surface area contributed by atoms with E-state index in [1.165, 1.54) is 6.21 Å². The van der Waals surface area contributed by atoms with Gasteiger partial charge in [-0.15, -0.1) is 0 Å². The molecule has 1 aliphatic heterocycles. The monoisotopic (exact) mass is 164 g/mol. The zero-order valence-corrected chi connectivity index (χ0v) is 6.15. The van der Waals surface area contributed by atoms with Crippen LogP contribution < -0.4 is 5.73 Å². The summed E-state index contributed by atoms with van der Waals surface area (Å²) in [6.07, 6.45) is 3.11. The van der Waals surface area contributed by atoms with Crippen LogP contribution in [0, 0.1) is 0 Å². The van der Waals surface area contributed by atoms with Gasteiger partial charge in [0.05, 0.1) is 11.6 Å². The van der Waals surface area contributed by atoms with Crippen molar-refractivity contribution in [2.24, 2.45) is 10.7 Å². The summed E-state index contributed by atoms with van der Waals surface area (Å²) in [5.41, 5.74) is 5.46. The minimum Gasteiger partial charge on any atom is -0.308 e. The fourth-order valence-electron chi connectivity index (χ4n) is 0.585. The predicted octanol–water partition coefficient (Wildman–Crippen LogP) is 1.09. The van der Waals surface area contributed by atoms with Crippen LogP contribution in [-0.4, -0.2) is 17.8 Å². The summed E-state index contributed by atoms with van der Waals surface area (Å²) in [6, 6.07) is 0. The van der Waals surface area contributed by atoms with Gasteiger partial charge in [-0.2, -0.15) is 0 Å². The Labute approximate surface area is 63.3 Å². The Morgan fingerprint density at radius 3 is 2.78 bits per heavy atom. The van der Waals surface area contributed by atoms with Crippen LogP contribution in [0.3, 0.4) is 0 Å². The lowest BCUT2D eigenvalue weighted by molar-refractivity contribution is 0.741. The SMILES string of the molecule is NC1(Cl)C=C(Cl)C=NC1. The highest BCUT2D eigenvalue weighted by Gasteiger charge is 2.20. The largest absolute Gasteiger partial charge is 0.308 e.